The van der Waals surface area contributed by atoms with Crippen LogP contribution in [0.4, 0.5) is 8.78 Å². The van der Waals surface area contributed by atoms with Crippen LogP contribution in [0.2, 0.25) is 0 Å². The van der Waals surface area contributed by atoms with Gasteiger partial charge in [0.1, 0.15) is 0 Å². The number of nitrogens with zero attached hydrogens (tertiary/aromatic N) is 2. The van der Waals surface area contributed by atoms with Crippen LogP contribution in [0.15, 0.2) is 12.3 Å². The van der Waals surface area contributed by atoms with E-state index in [9.17, 15) is 8.78 Å². The maximum Gasteiger partial charge on any atom is 0.333 e. The third kappa shape index (κ3) is 1.76. The highest BCUT2D eigenvalue weighted by Crippen LogP contribution is 2.14. The lowest BCUT2D eigenvalue weighted by Crippen LogP contribution is -1.99. The molecule has 4 heteroatoms. The Hall–Kier alpha value is -0.930. The van der Waals surface area contributed by atoms with Gasteiger partial charge in [0.2, 0.25) is 0 Å². The van der Waals surface area contributed by atoms with Gasteiger partial charge in [0.25, 0.3) is 0 Å². The molecule has 0 N–H and O–H groups in total. The Morgan fingerprint density at radius 2 is 2.09 bits per heavy atom. The quantitative estimate of drug-likeness (QED) is 0.649. The van der Waals surface area contributed by atoms with Crippen LogP contribution in [-0.4, -0.2) is 9.78 Å². The van der Waals surface area contributed by atoms with Crippen molar-refractivity contribution in [1.82, 2.24) is 9.78 Å². The highest BCUT2D eigenvalue weighted by atomic mass is 19.3. The first-order valence-corrected chi connectivity index (χ1v) is 3.44. The topological polar surface area (TPSA) is 17.8 Å². The fraction of sp³-hybridized carbons (Fsp3) is 0.571. The molecule has 62 valence electrons. The molecular weight excluding hydrogens is 150 g/mol. The summed E-state index contributed by atoms with van der Waals surface area (Å²) in [5, 5.41) is 3.68. The molecule has 0 radical (unpaired) electrons. The van der Waals surface area contributed by atoms with Crippen molar-refractivity contribution in [2.24, 2.45) is 0 Å². The van der Waals surface area contributed by atoms with E-state index in [1.54, 1.807) is 6.07 Å². The lowest BCUT2D eigenvalue weighted by molar-refractivity contribution is 0.0561. The first-order chi connectivity index (χ1) is 5.11. The van der Waals surface area contributed by atoms with Crippen LogP contribution in [0.1, 0.15) is 32.0 Å². The van der Waals surface area contributed by atoms with Crippen molar-refractivity contribution in [1.29, 1.82) is 0 Å². The van der Waals surface area contributed by atoms with E-state index in [0.29, 0.717) is 10.4 Å². The Morgan fingerprint density at radius 3 is 2.36 bits per heavy atom. The van der Waals surface area contributed by atoms with E-state index in [1.807, 2.05) is 13.8 Å². The Labute approximate surface area is 63.8 Å². The summed E-state index contributed by atoms with van der Waals surface area (Å²) in [6.07, 6.45) is 1.29. The van der Waals surface area contributed by atoms with Crippen LogP contribution in [0.25, 0.3) is 0 Å². The predicted octanol–water partition coefficient (Wildman–Crippen LogP) is 2.40. The summed E-state index contributed by atoms with van der Waals surface area (Å²) in [4.78, 5) is 0. The Balaban J connectivity index is 2.82. The van der Waals surface area contributed by atoms with Gasteiger partial charge in [-0.25, -0.2) is 4.68 Å². The van der Waals surface area contributed by atoms with Crippen molar-refractivity contribution in [3.63, 3.8) is 0 Å². The second kappa shape index (κ2) is 2.98. The van der Waals surface area contributed by atoms with Crippen molar-refractivity contribution < 1.29 is 8.78 Å². The molecule has 0 amide bonds. The minimum absolute atomic E-state index is 0.204. The lowest BCUT2D eigenvalue weighted by atomic mass is 10.1. The third-order valence-corrected chi connectivity index (χ3v) is 1.42. The number of hydrogen-bond donors (Lipinski definition) is 0. The second-order valence-corrected chi connectivity index (χ2v) is 2.65. The molecule has 1 aromatic rings. The van der Waals surface area contributed by atoms with Gasteiger partial charge in [-0.2, -0.15) is 13.9 Å². The molecular formula is C7H10F2N2. The average molecular weight is 160 g/mol. The fourth-order valence-corrected chi connectivity index (χ4v) is 0.769. The van der Waals surface area contributed by atoms with E-state index in [4.69, 9.17) is 0 Å². The molecule has 0 unspecified atom stereocenters. The first kappa shape index (κ1) is 8.17. The van der Waals surface area contributed by atoms with Crippen molar-refractivity contribution in [2.75, 3.05) is 0 Å². The number of alkyl halides is 2. The van der Waals surface area contributed by atoms with Crippen molar-refractivity contribution in [3.8, 4) is 0 Å². The zero-order valence-electron chi connectivity index (χ0n) is 6.46. The first-order valence-electron chi connectivity index (χ1n) is 3.44. The van der Waals surface area contributed by atoms with E-state index in [2.05, 4.69) is 5.10 Å². The van der Waals surface area contributed by atoms with E-state index in [-0.39, 0.29) is 5.92 Å². The van der Waals surface area contributed by atoms with Gasteiger partial charge in [0, 0.05) is 6.20 Å². The van der Waals surface area contributed by atoms with Crippen molar-refractivity contribution in [3.05, 3.63) is 18.0 Å². The van der Waals surface area contributed by atoms with Gasteiger partial charge in [-0.1, -0.05) is 13.8 Å². The van der Waals surface area contributed by atoms with Crippen LogP contribution < -0.4 is 0 Å². The third-order valence-electron chi connectivity index (χ3n) is 1.42. The summed E-state index contributed by atoms with van der Waals surface area (Å²) in [6.45, 7) is 1.30. The summed E-state index contributed by atoms with van der Waals surface area (Å²) >= 11 is 0. The molecule has 0 aliphatic rings. The van der Waals surface area contributed by atoms with Crippen molar-refractivity contribution >= 4 is 0 Å². The molecule has 0 saturated carbocycles. The summed E-state index contributed by atoms with van der Waals surface area (Å²) in [6, 6.07) is 1.61. The standard InChI is InChI=1S/C7H10F2N2/c1-5(2)6-3-4-11(10-6)7(8)9/h3-5,7H,1-2H3. The van der Waals surface area contributed by atoms with Crippen LogP contribution in [0.5, 0.6) is 0 Å². The summed E-state index contributed by atoms with van der Waals surface area (Å²) in [5.41, 5.74) is 0.699. The monoisotopic (exact) mass is 160 g/mol. The summed E-state index contributed by atoms with van der Waals surface area (Å²) in [7, 11) is 0. The average Bonchev–Trinajstić information content (AvgIpc) is 2.33. The molecule has 0 spiro atoms. The molecule has 0 aliphatic heterocycles. The smallest absolute Gasteiger partial charge is 0.211 e. The maximum atomic E-state index is 11.9. The molecule has 0 atom stereocenters. The molecule has 1 heterocycles. The van der Waals surface area contributed by atoms with Gasteiger partial charge in [-0.05, 0) is 12.0 Å². The van der Waals surface area contributed by atoms with E-state index in [1.165, 1.54) is 6.20 Å². The van der Waals surface area contributed by atoms with Gasteiger partial charge < -0.3 is 0 Å². The predicted molar refractivity (Wildman–Crippen MR) is 37.6 cm³/mol. The number of rotatable bonds is 2. The van der Waals surface area contributed by atoms with Crippen molar-refractivity contribution in [2.45, 2.75) is 26.3 Å². The Morgan fingerprint density at radius 1 is 1.45 bits per heavy atom. The van der Waals surface area contributed by atoms with Gasteiger partial charge in [0.05, 0.1) is 5.69 Å². The van der Waals surface area contributed by atoms with Gasteiger partial charge in [0.15, 0.2) is 0 Å². The normalized spacial score (nSPS) is 11.5. The molecule has 0 fully saturated rings. The molecule has 0 saturated heterocycles. The van der Waals surface area contributed by atoms with Crippen LogP contribution in [-0.2, 0) is 0 Å². The van der Waals surface area contributed by atoms with Gasteiger partial charge >= 0.3 is 6.55 Å². The van der Waals surface area contributed by atoms with E-state index >= 15 is 0 Å². The molecule has 0 aromatic carbocycles. The van der Waals surface area contributed by atoms with E-state index < -0.39 is 6.55 Å². The van der Waals surface area contributed by atoms with Crippen LogP contribution in [0, 0.1) is 0 Å². The Bertz CT molecular complexity index is 208. The number of hydrogen-bond acceptors (Lipinski definition) is 1. The summed E-state index contributed by atoms with van der Waals surface area (Å²) in [5.74, 6) is 0.204. The molecule has 1 aromatic heterocycles. The Kier molecular flexibility index (Phi) is 2.22. The minimum Gasteiger partial charge on any atom is -0.211 e. The SMILES string of the molecule is CC(C)c1ccn(C(F)F)n1. The van der Waals surface area contributed by atoms with E-state index in [0.717, 1.165) is 0 Å². The largest absolute Gasteiger partial charge is 0.333 e. The zero-order valence-corrected chi connectivity index (χ0v) is 6.46. The molecule has 11 heavy (non-hydrogen) atoms. The number of halogens is 2. The number of aromatic nitrogens is 2. The molecule has 1 rings (SSSR count). The zero-order chi connectivity index (χ0) is 8.43. The summed E-state index contributed by atoms with van der Waals surface area (Å²) < 4.78 is 24.6. The molecule has 0 bridgehead atoms. The highest BCUT2D eigenvalue weighted by Gasteiger charge is 2.08. The molecule has 2 nitrogen and oxygen atoms in total. The minimum atomic E-state index is -2.53. The van der Waals surface area contributed by atoms with Gasteiger partial charge in [-0.15, -0.1) is 0 Å². The fourth-order valence-electron chi connectivity index (χ4n) is 0.769. The van der Waals surface area contributed by atoms with Crippen LogP contribution >= 0.6 is 0 Å². The van der Waals surface area contributed by atoms with Gasteiger partial charge in [-0.3, -0.25) is 0 Å². The molecule has 0 aliphatic carbocycles. The second-order valence-electron chi connectivity index (χ2n) is 2.65. The lowest BCUT2D eigenvalue weighted by Gasteiger charge is -1.99. The maximum absolute atomic E-state index is 11.9. The highest BCUT2D eigenvalue weighted by molar-refractivity contribution is 5.03. The van der Waals surface area contributed by atoms with Crippen LogP contribution in [0.3, 0.4) is 0 Å².